The number of nitrogens with zero attached hydrogens (tertiary/aromatic N) is 2. The number of fused-ring (bicyclic) bond motifs is 1. The van der Waals surface area contributed by atoms with Crippen LogP contribution in [0.3, 0.4) is 0 Å². The molecule has 0 saturated heterocycles. The summed E-state index contributed by atoms with van der Waals surface area (Å²) in [7, 11) is 1.50. The minimum atomic E-state index is -2.59. The monoisotopic (exact) mass is 513 g/mol. The zero-order valence-electron chi connectivity index (χ0n) is 20.7. The van der Waals surface area contributed by atoms with Gasteiger partial charge >= 0.3 is 0 Å². The number of H-pyrrole nitrogens is 1. The molecule has 0 saturated carbocycles. The van der Waals surface area contributed by atoms with E-state index in [0.717, 1.165) is 39.6 Å². The molecule has 38 heavy (non-hydrogen) atoms. The average Bonchev–Trinajstić information content (AvgIpc) is 3.41. The number of aromatic amines is 1. The molecule has 5 rings (SSSR count). The van der Waals surface area contributed by atoms with Crippen LogP contribution in [-0.4, -0.2) is 34.2 Å². The van der Waals surface area contributed by atoms with Crippen molar-refractivity contribution in [1.82, 2.24) is 15.0 Å². The molecule has 2 heterocycles. The quantitative estimate of drug-likeness (QED) is 0.235. The third kappa shape index (κ3) is 5.18. The molecule has 2 aromatic heterocycles. The van der Waals surface area contributed by atoms with E-state index in [1.54, 1.807) is 24.5 Å². The fraction of sp³-hybridized carbons (Fsp3) is 0.103. The second kappa shape index (κ2) is 11.5. The first kappa shape index (κ1) is 26.3. The van der Waals surface area contributed by atoms with Gasteiger partial charge in [-0.2, -0.15) is 0 Å². The number of aldehydes is 1. The van der Waals surface area contributed by atoms with Crippen molar-refractivity contribution in [1.29, 1.82) is 0 Å². The van der Waals surface area contributed by atoms with Crippen molar-refractivity contribution < 1.29 is 18.4 Å². The lowest BCUT2D eigenvalue weighted by Crippen LogP contribution is -2.13. The van der Waals surface area contributed by atoms with E-state index in [-0.39, 0.29) is 11.1 Å². The number of carbonyl (C=O) groups excluding carboxylic acids is 2. The topological polar surface area (TPSA) is 114 Å². The third-order valence-electron chi connectivity index (χ3n) is 6.12. The fourth-order valence-electron chi connectivity index (χ4n) is 4.20. The molecule has 0 spiro atoms. The van der Waals surface area contributed by atoms with Crippen LogP contribution in [0.1, 0.15) is 38.3 Å². The van der Waals surface area contributed by atoms with Crippen molar-refractivity contribution in [3.05, 3.63) is 102 Å². The number of alkyl halides is 2. The van der Waals surface area contributed by atoms with Crippen LogP contribution in [0.4, 0.5) is 14.5 Å². The Labute approximate surface area is 217 Å². The maximum Gasteiger partial charge on any atom is 0.263 e. The second-order valence-electron chi connectivity index (χ2n) is 8.27. The van der Waals surface area contributed by atoms with Gasteiger partial charge < -0.3 is 16.0 Å². The van der Waals surface area contributed by atoms with Gasteiger partial charge in [0, 0.05) is 51.4 Å². The lowest BCUT2D eigenvalue weighted by Gasteiger charge is -2.14. The first-order valence-electron chi connectivity index (χ1n) is 11.7. The zero-order chi connectivity index (χ0) is 27.2. The Morgan fingerprint density at radius 1 is 1.00 bits per heavy atom. The lowest BCUT2D eigenvalue weighted by atomic mass is 9.95. The van der Waals surface area contributed by atoms with E-state index in [1.807, 2.05) is 31.2 Å². The second-order valence-corrected chi connectivity index (χ2v) is 8.27. The first-order valence-corrected chi connectivity index (χ1v) is 11.7. The molecule has 0 unspecified atom stereocenters. The van der Waals surface area contributed by atoms with Gasteiger partial charge in [-0.3, -0.25) is 9.59 Å². The minimum Gasteiger partial charge on any atom is -0.354 e. The predicted molar refractivity (Wildman–Crippen MR) is 144 cm³/mol. The number of hydrogen-bond acceptors (Lipinski definition) is 5. The van der Waals surface area contributed by atoms with Crippen LogP contribution < -0.4 is 11.1 Å². The van der Waals surface area contributed by atoms with Gasteiger partial charge in [0.05, 0.1) is 5.52 Å². The molecule has 0 radical (unpaired) electrons. The minimum absolute atomic E-state index is 0.138. The average molecular weight is 514 g/mol. The van der Waals surface area contributed by atoms with E-state index < -0.39 is 12.3 Å². The van der Waals surface area contributed by atoms with Crippen molar-refractivity contribution in [3.63, 3.8) is 0 Å². The number of benzene rings is 3. The molecule has 0 atom stereocenters. The molecular formula is C29H25F2N5O2. The normalized spacial score (nSPS) is 10.7. The maximum atomic E-state index is 12.8. The van der Waals surface area contributed by atoms with Crippen molar-refractivity contribution in [2.75, 3.05) is 12.4 Å². The first-order chi connectivity index (χ1) is 18.5. The van der Waals surface area contributed by atoms with Gasteiger partial charge in [0.25, 0.3) is 12.3 Å². The van der Waals surface area contributed by atoms with Gasteiger partial charge in [-0.15, -0.1) is 0 Å². The van der Waals surface area contributed by atoms with Crippen LogP contribution >= 0.6 is 0 Å². The number of halogens is 2. The Balaban J connectivity index is 0.00000164. The van der Waals surface area contributed by atoms with Crippen LogP contribution in [0.25, 0.3) is 33.3 Å². The van der Waals surface area contributed by atoms with Crippen molar-refractivity contribution in [2.24, 2.45) is 5.73 Å². The molecular weight excluding hydrogens is 488 g/mol. The van der Waals surface area contributed by atoms with Gasteiger partial charge in [-0.1, -0.05) is 30.3 Å². The Morgan fingerprint density at radius 3 is 2.37 bits per heavy atom. The van der Waals surface area contributed by atoms with Crippen LogP contribution in [0.2, 0.25) is 0 Å². The lowest BCUT2D eigenvalue weighted by molar-refractivity contribution is 0.102. The molecule has 192 valence electrons. The van der Waals surface area contributed by atoms with E-state index in [4.69, 9.17) is 0 Å². The SMILES string of the molecule is CN.Cc1c(NC(=O)c2ccc(C(F)F)cc2)cccc1-c1ccc(C=O)c2[nH]c(-c3cncnc3)cc12. The van der Waals surface area contributed by atoms with E-state index in [1.165, 1.54) is 37.6 Å². The number of hydrogen-bond donors (Lipinski definition) is 3. The summed E-state index contributed by atoms with van der Waals surface area (Å²) in [4.78, 5) is 36.0. The third-order valence-corrected chi connectivity index (χ3v) is 6.12. The Hall–Kier alpha value is -4.76. The summed E-state index contributed by atoms with van der Waals surface area (Å²) in [6, 6.07) is 16.4. The smallest absolute Gasteiger partial charge is 0.263 e. The Kier molecular flexibility index (Phi) is 7.98. The highest BCUT2D eigenvalue weighted by atomic mass is 19.3. The number of anilines is 1. The summed E-state index contributed by atoms with van der Waals surface area (Å²) in [6.07, 6.45) is 3.04. The van der Waals surface area contributed by atoms with Gasteiger partial charge in [0.2, 0.25) is 0 Å². The van der Waals surface area contributed by atoms with E-state index in [0.29, 0.717) is 16.8 Å². The summed E-state index contributed by atoms with van der Waals surface area (Å²) < 4.78 is 25.7. The molecule has 3 aromatic carbocycles. The Bertz CT molecular complexity index is 1580. The molecule has 0 aliphatic rings. The van der Waals surface area contributed by atoms with Gasteiger partial charge in [0.1, 0.15) is 6.33 Å². The van der Waals surface area contributed by atoms with Gasteiger partial charge in [-0.25, -0.2) is 18.7 Å². The number of carbonyl (C=O) groups is 2. The van der Waals surface area contributed by atoms with Crippen LogP contribution in [0.5, 0.6) is 0 Å². The van der Waals surface area contributed by atoms with Gasteiger partial charge in [-0.05, 0) is 61.0 Å². The van der Waals surface area contributed by atoms with Crippen LogP contribution in [0, 0.1) is 6.92 Å². The number of nitrogens with two attached hydrogens (primary N) is 1. The number of amides is 1. The van der Waals surface area contributed by atoms with Gasteiger partial charge in [0.15, 0.2) is 6.29 Å². The maximum absolute atomic E-state index is 12.8. The summed E-state index contributed by atoms with van der Waals surface area (Å²) >= 11 is 0. The van der Waals surface area contributed by atoms with E-state index in [2.05, 4.69) is 26.0 Å². The largest absolute Gasteiger partial charge is 0.354 e. The van der Waals surface area contributed by atoms with Crippen LogP contribution in [-0.2, 0) is 0 Å². The van der Waals surface area contributed by atoms with Crippen molar-refractivity contribution in [2.45, 2.75) is 13.3 Å². The highest BCUT2D eigenvalue weighted by molar-refractivity contribution is 6.08. The summed E-state index contributed by atoms with van der Waals surface area (Å²) in [6.45, 7) is 1.89. The molecule has 9 heteroatoms. The zero-order valence-corrected chi connectivity index (χ0v) is 20.7. The Morgan fingerprint density at radius 2 is 1.71 bits per heavy atom. The molecule has 0 fully saturated rings. The molecule has 1 amide bonds. The molecule has 0 aliphatic carbocycles. The van der Waals surface area contributed by atoms with E-state index in [9.17, 15) is 18.4 Å². The highest BCUT2D eigenvalue weighted by Gasteiger charge is 2.16. The summed E-state index contributed by atoms with van der Waals surface area (Å²) in [5.41, 5.74) is 10.6. The number of aromatic nitrogens is 3. The molecule has 0 aliphatic heterocycles. The summed E-state index contributed by atoms with van der Waals surface area (Å²) in [5, 5.41) is 3.72. The molecule has 0 bridgehead atoms. The number of rotatable bonds is 6. The van der Waals surface area contributed by atoms with Crippen molar-refractivity contribution >= 4 is 28.8 Å². The van der Waals surface area contributed by atoms with E-state index >= 15 is 0 Å². The highest BCUT2D eigenvalue weighted by Crippen LogP contribution is 2.37. The predicted octanol–water partition coefficient (Wildman–Crippen LogP) is 6.18. The molecule has 5 aromatic rings. The fourth-order valence-corrected chi connectivity index (χ4v) is 4.20. The standard InChI is InChI=1S/C28H20F2N4O2.CH5N/c1-16-21(3-2-4-24(16)34-28(36)18-7-5-17(6-8-18)27(29)30)22-10-9-19(14-35)26-23(22)11-25(33-26)20-12-31-15-32-13-20;1-2/h2-15,27,33H,1H3,(H,34,36);2H2,1H3. The summed E-state index contributed by atoms with van der Waals surface area (Å²) in [5.74, 6) is -0.398. The van der Waals surface area contributed by atoms with Crippen molar-refractivity contribution in [3.8, 4) is 22.4 Å². The molecule has 7 nitrogen and oxygen atoms in total. The molecule has 4 N–H and O–H groups in total. The van der Waals surface area contributed by atoms with Crippen LogP contribution in [0.15, 0.2) is 79.4 Å². The number of nitrogens with one attached hydrogen (secondary N) is 2.